The van der Waals surface area contributed by atoms with E-state index in [1.807, 2.05) is 16.8 Å². The highest BCUT2D eigenvalue weighted by atomic mass is 16.5. The number of carbonyl (C=O) groups excluding carboxylic acids is 1. The summed E-state index contributed by atoms with van der Waals surface area (Å²) in [6.45, 7) is 3.09. The second kappa shape index (κ2) is 6.30. The van der Waals surface area contributed by atoms with Crippen LogP contribution in [0, 0.1) is 0 Å². The van der Waals surface area contributed by atoms with Crippen molar-refractivity contribution in [2.75, 3.05) is 20.3 Å². The van der Waals surface area contributed by atoms with Gasteiger partial charge in [0.05, 0.1) is 12.7 Å². The molecule has 1 rings (SSSR count). The fourth-order valence-electron chi connectivity index (χ4n) is 1.34. The van der Waals surface area contributed by atoms with Gasteiger partial charge in [0.25, 0.3) is 5.91 Å². The number of nitrogens with one attached hydrogen (secondary N) is 1. The van der Waals surface area contributed by atoms with Gasteiger partial charge < -0.3 is 19.7 Å². The first-order valence-corrected chi connectivity index (χ1v) is 5.25. The van der Waals surface area contributed by atoms with Crippen LogP contribution in [0.15, 0.2) is 18.3 Å². The molecule has 5 nitrogen and oxygen atoms in total. The van der Waals surface area contributed by atoms with E-state index in [0.717, 1.165) is 0 Å². The Kier molecular flexibility index (Phi) is 5.01. The molecule has 0 saturated carbocycles. The molecule has 90 valence electrons. The van der Waals surface area contributed by atoms with Gasteiger partial charge in [0.1, 0.15) is 5.69 Å². The molecule has 0 spiro atoms. The van der Waals surface area contributed by atoms with Crippen LogP contribution in [0.4, 0.5) is 0 Å². The Morgan fingerprint density at radius 2 is 2.44 bits per heavy atom. The average molecular weight is 226 g/mol. The second-order valence-electron chi connectivity index (χ2n) is 3.64. The molecule has 0 aliphatic carbocycles. The molecule has 16 heavy (non-hydrogen) atoms. The lowest BCUT2D eigenvalue weighted by atomic mass is 10.3. The average Bonchev–Trinajstić information content (AvgIpc) is 2.71. The van der Waals surface area contributed by atoms with Gasteiger partial charge in [0, 0.05) is 26.4 Å². The predicted octanol–water partition coefficient (Wildman–Crippen LogP) is 0.245. The summed E-state index contributed by atoms with van der Waals surface area (Å²) >= 11 is 0. The minimum atomic E-state index is -0.536. The van der Waals surface area contributed by atoms with Gasteiger partial charge in [-0.25, -0.2) is 0 Å². The summed E-state index contributed by atoms with van der Waals surface area (Å²) in [5.41, 5.74) is 0.581. The molecule has 0 aliphatic heterocycles. The Balaban J connectivity index is 2.57. The van der Waals surface area contributed by atoms with Gasteiger partial charge in [-0.1, -0.05) is 0 Å². The van der Waals surface area contributed by atoms with Crippen molar-refractivity contribution in [3.63, 3.8) is 0 Å². The zero-order valence-corrected chi connectivity index (χ0v) is 9.64. The Labute approximate surface area is 95.0 Å². The maximum atomic E-state index is 11.7. The van der Waals surface area contributed by atoms with Crippen LogP contribution >= 0.6 is 0 Å². The summed E-state index contributed by atoms with van der Waals surface area (Å²) in [5.74, 6) is -0.179. The molecule has 0 aromatic carbocycles. The third-order valence-electron chi connectivity index (χ3n) is 2.16. The molecule has 0 saturated heterocycles. The predicted molar refractivity (Wildman–Crippen MR) is 60.3 cm³/mol. The standard InChI is InChI=1S/C11H18N2O3/c1-9(14)8-12-11(15)10-4-3-5-13(10)6-7-16-2/h3-5,9,14H,6-8H2,1-2H3,(H,12,15)/t9-/m0/s1. The van der Waals surface area contributed by atoms with Crippen molar-refractivity contribution in [3.8, 4) is 0 Å². The molecule has 0 fully saturated rings. The highest BCUT2D eigenvalue weighted by molar-refractivity contribution is 5.92. The molecule has 1 heterocycles. The quantitative estimate of drug-likeness (QED) is 0.730. The van der Waals surface area contributed by atoms with Crippen LogP contribution < -0.4 is 5.32 Å². The lowest BCUT2D eigenvalue weighted by molar-refractivity contribution is 0.0912. The summed E-state index contributed by atoms with van der Waals surface area (Å²) in [6.07, 6.45) is 1.29. The maximum absolute atomic E-state index is 11.7. The second-order valence-corrected chi connectivity index (χ2v) is 3.64. The van der Waals surface area contributed by atoms with Crippen molar-refractivity contribution < 1.29 is 14.6 Å². The lowest BCUT2D eigenvalue weighted by Crippen LogP contribution is -2.32. The Morgan fingerprint density at radius 1 is 1.69 bits per heavy atom. The van der Waals surface area contributed by atoms with Crippen molar-refractivity contribution in [2.45, 2.75) is 19.6 Å². The van der Waals surface area contributed by atoms with E-state index in [1.54, 1.807) is 20.1 Å². The largest absolute Gasteiger partial charge is 0.392 e. The summed E-state index contributed by atoms with van der Waals surface area (Å²) in [5, 5.41) is 11.7. The third-order valence-corrected chi connectivity index (χ3v) is 2.16. The zero-order chi connectivity index (χ0) is 12.0. The number of hydrogen-bond acceptors (Lipinski definition) is 3. The Morgan fingerprint density at radius 3 is 3.06 bits per heavy atom. The smallest absolute Gasteiger partial charge is 0.267 e. The molecule has 0 aliphatic rings. The van der Waals surface area contributed by atoms with Gasteiger partial charge in [-0.3, -0.25) is 4.79 Å². The first-order chi connectivity index (χ1) is 7.65. The highest BCUT2D eigenvalue weighted by Crippen LogP contribution is 2.02. The van der Waals surface area contributed by atoms with Gasteiger partial charge in [-0.15, -0.1) is 0 Å². The van der Waals surface area contributed by atoms with E-state index >= 15 is 0 Å². The van der Waals surface area contributed by atoms with Crippen LogP contribution in [0.25, 0.3) is 0 Å². The normalized spacial score (nSPS) is 12.4. The molecule has 1 amide bonds. The Bertz CT molecular complexity index is 334. The van der Waals surface area contributed by atoms with E-state index in [-0.39, 0.29) is 12.5 Å². The van der Waals surface area contributed by atoms with Crippen LogP contribution in [0.3, 0.4) is 0 Å². The number of rotatable bonds is 6. The molecular formula is C11H18N2O3. The summed E-state index contributed by atoms with van der Waals surface area (Å²) < 4.78 is 6.78. The van der Waals surface area contributed by atoms with Crippen LogP contribution in [-0.4, -0.2) is 41.9 Å². The molecule has 1 aromatic rings. The number of hydrogen-bond donors (Lipinski definition) is 2. The van der Waals surface area contributed by atoms with Gasteiger partial charge in [-0.2, -0.15) is 0 Å². The van der Waals surface area contributed by atoms with Crippen molar-refractivity contribution in [3.05, 3.63) is 24.0 Å². The topological polar surface area (TPSA) is 63.5 Å². The summed E-state index contributed by atoms with van der Waals surface area (Å²) in [4.78, 5) is 11.7. The van der Waals surface area contributed by atoms with Crippen molar-refractivity contribution in [1.82, 2.24) is 9.88 Å². The molecule has 0 unspecified atom stereocenters. The van der Waals surface area contributed by atoms with E-state index in [9.17, 15) is 4.79 Å². The van der Waals surface area contributed by atoms with E-state index in [2.05, 4.69) is 5.32 Å². The third kappa shape index (κ3) is 3.67. The summed E-state index contributed by atoms with van der Waals surface area (Å²) in [7, 11) is 1.62. The number of aromatic nitrogens is 1. The van der Waals surface area contributed by atoms with Crippen molar-refractivity contribution in [1.29, 1.82) is 0 Å². The number of carbonyl (C=O) groups is 1. The first kappa shape index (κ1) is 12.7. The minimum Gasteiger partial charge on any atom is -0.392 e. The molecule has 1 aromatic heterocycles. The monoisotopic (exact) mass is 226 g/mol. The first-order valence-electron chi connectivity index (χ1n) is 5.25. The number of nitrogens with zero attached hydrogens (tertiary/aromatic N) is 1. The Hall–Kier alpha value is -1.33. The number of amides is 1. The highest BCUT2D eigenvalue weighted by Gasteiger charge is 2.10. The zero-order valence-electron chi connectivity index (χ0n) is 9.64. The summed E-state index contributed by atoms with van der Waals surface area (Å²) in [6, 6.07) is 3.56. The minimum absolute atomic E-state index is 0.179. The molecule has 1 atom stereocenters. The SMILES string of the molecule is COCCn1cccc1C(=O)NC[C@H](C)O. The van der Waals surface area contributed by atoms with Gasteiger partial charge >= 0.3 is 0 Å². The molecule has 5 heteroatoms. The van der Waals surface area contributed by atoms with Crippen LogP contribution in [0.2, 0.25) is 0 Å². The van der Waals surface area contributed by atoms with Crippen molar-refractivity contribution >= 4 is 5.91 Å². The molecule has 2 N–H and O–H groups in total. The molecule has 0 radical (unpaired) electrons. The van der Waals surface area contributed by atoms with E-state index in [0.29, 0.717) is 18.8 Å². The molecule has 0 bridgehead atoms. The van der Waals surface area contributed by atoms with Gasteiger partial charge in [0.2, 0.25) is 0 Å². The van der Waals surface area contributed by atoms with Crippen LogP contribution in [-0.2, 0) is 11.3 Å². The number of aliphatic hydroxyl groups is 1. The molecular weight excluding hydrogens is 208 g/mol. The van der Waals surface area contributed by atoms with Gasteiger partial charge in [0.15, 0.2) is 0 Å². The van der Waals surface area contributed by atoms with E-state index in [1.165, 1.54) is 0 Å². The fraction of sp³-hybridized carbons (Fsp3) is 0.545. The van der Waals surface area contributed by atoms with Crippen molar-refractivity contribution in [2.24, 2.45) is 0 Å². The van der Waals surface area contributed by atoms with E-state index < -0.39 is 6.10 Å². The lowest BCUT2D eigenvalue weighted by Gasteiger charge is -2.10. The van der Waals surface area contributed by atoms with Crippen LogP contribution in [0.1, 0.15) is 17.4 Å². The number of methoxy groups -OCH3 is 1. The van der Waals surface area contributed by atoms with Crippen LogP contribution in [0.5, 0.6) is 0 Å². The van der Waals surface area contributed by atoms with Gasteiger partial charge in [-0.05, 0) is 19.1 Å². The number of ether oxygens (including phenoxy) is 1. The van der Waals surface area contributed by atoms with E-state index in [4.69, 9.17) is 9.84 Å². The number of aliphatic hydroxyl groups excluding tert-OH is 1. The fourth-order valence-corrected chi connectivity index (χ4v) is 1.34. The maximum Gasteiger partial charge on any atom is 0.267 e.